The second kappa shape index (κ2) is 8.27. The summed E-state index contributed by atoms with van der Waals surface area (Å²) in [6, 6.07) is 4.20. The SMILES string of the molecule is Cc1nc(CC(=O)N2C[C@@H]3C[C@H](C2)c2ccc(CN4CCCCC4)c(=O)n2C3)cs1. The van der Waals surface area contributed by atoms with Gasteiger partial charge in [-0.2, -0.15) is 0 Å². The number of carbonyl (C=O) groups excluding carboxylic acids is 1. The summed E-state index contributed by atoms with van der Waals surface area (Å²) in [6.07, 6.45) is 5.23. The van der Waals surface area contributed by atoms with Crippen LogP contribution in [0.25, 0.3) is 0 Å². The minimum atomic E-state index is 0.160. The Morgan fingerprint density at radius 2 is 2.00 bits per heavy atom. The summed E-state index contributed by atoms with van der Waals surface area (Å²) in [4.78, 5) is 35.0. The predicted octanol–water partition coefficient (Wildman–Crippen LogP) is 2.79. The van der Waals surface area contributed by atoms with E-state index >= 15 is 0 Å². The molecule has 0 N–H and O–H groups in total. The monoisotopic (exact) mass is 426 g/mol. The highest BCUT2D eigenvalue weighted by atomic mass is 32.1. The molecular formula is C23H30N4O2S. The fourth-order valence-corrected chi connectivity index (χ4v) is 6.04. The first-order valence-corrected chi connectivity index (χ1v) is 12.1. The number of aromatic nitrogens is 2. The molecule has 5 rings (SSSR count). The van der Waals surface area contributed by atoms with Crippen molar-refractivity contribution in [3.63, 3.8) is 0 Å². The summed E-state index contributed by atoms with van der Waals surface area (Å²) in [6.45, 7) is 7.14. The van der Waals surface area contributed by atoms with Crippen LogP contribution < -0.4 is 5.56 Å². The van der Waals surface area contributed by atoms with E-state index in [1.807, 2.05) is 27.8 Å². The van der Waals surface area contributed by atoms with Crippen LogP contribution in [-0.4, -0.2) is 51.4 Å². The van der Waals surface area contributed by atoms with Crippen molar-refractivity contribution in [2.75, 3.05) is 26.2 Å². The Labute approximate surface area is 181 Å². The molecule has 30 heavy (non-hydrogen) atoms. The number of piperidine rings is 2. The van der Waals surface area contributed by atoms with Gasteiger partial charge in [-0.25, -0.2) is 4.98 Å². The molecule has 6 nitrogen and oxygen atoms in total. The van der Waals surface area contributed by atoms with Crippen LogP contribution in [0.5, 0.6) is 0 Å². The molecule has 0 radical (unpaired) electrons. The van der Waals surface area contributed by atoms with Crippen LogP contribution in [0, 0.1) is 12.8 Å². The molecule has 2 saturated heterocycles. The summed E-state index contributed by atoms with van der Waals surface area (Å²) in [5, 5.41) is 2.98. The van der Waals surface area contributed by atoms with E-state index in [1.54, 1.807) is 11.3 Å². The lowest BCUT2D eigenvalue weighted by molar-refractivity contribution is -0.133. The minimum absolute atomic E-state index is 0.160. The fraction of sp³-hybridized carbons (Fsp3) is 0.609. The van der Waals surface area contributed by atoms with Crippen LogP contribution in [0.15, 0.2) is 22.3 Å². The van der Waals surface area contributed by atoms with Crippen LogP contribution in [0.2, 0.25) is 0 Å². The second-order valence-corrected chi connectivity index (χ2v) is 10.2. The van der Waals surface area contributed by atoms with Gasteiger partial charge in [-0.05, 0) is 51.3 Å². The molecule has 0 unspecified atom stereocenters. The van der Waals surface area contributed by atoms with Crippen LogP contribution in [-0.2, 0) is 24.3 Å². The lowest BCUT2D eigenvalue weighted by Crippen LogP contribution is -2.50. The first-order valence-electron chi connectivity index (χ1n) is 11.2. The highest BCUT2D eigenvalue weighted by molar-refractivity contribution is 7.09. The summed E-state index contributed by atoms with van der Waals surface area (Å²) in [5.41, 5.74) is 3.09. The van der Waals surface area contributed by atoms with Crippen LogP contribution >= 0.6 is 11.3 Å². The second-order valence-electron chi connectivity index (χ2n) is 9.17. The zero-order chi connectivity index (χ0) is 20.7. The maximum atomic E-state index is 13.2. The Morgan fingerprint density at radius 1 is 1.17 bits per heavy atom. The van der Waals surface area contributed by atoms with Crippen molar-refractivity contribution in [1.29, 1.82) is 0 Å². The summed E-state index contributed by atoms with van der Waals surface area (Å²) >= 11 is 1.59. The molecule has 0 aromatic carbocycles. The van der Waals surface area contributed by atoms with E-state index in [1.165, 1.54) is 19.3 Å². The van der Waals surface area contributed by atoms with E-state index in [0.717, 1.165) is 61.1 Å². The summed E-state index contributed by atoms with van der Waals surface area (Å²) in [7, 11) is 0. The number of likely N-dealkylation sites (tertiary alicyclic amines) is 2. The van der Waals surface area contributed by atoms with E-state index in [0.29, 0.717) is 18.9 Å². The standard InChI is InChI=1S/C23H30N4O2S/c1-16-24-20(15-30-16)10-22(28)26-11-17-9-19(14-26)21-6-5-18(23(29)27(21)12-17)13-25-7-3-2-4-8-25/h5-6,15,17,19H,2-4,7-14H2,1H3/t17-,19+/m0/s1. The zero-order valence-corrected chi connectivity index (χ0v) is 18.5. The van der Waals surface area contributed by atoms with Gasteiger partial charge in [0.15, 0.2) is 0 Å². The fourth-order valence-electron chi connectivity index (χ4n) is 5.43. The number of hydrogen-bond acceptors (Lipinski definition) is 5. The first-order chi connectivity index (χ1) is 14.6. The average molecular weight is 427 g/mol. The van der Waals surface area contributed by atoms with Crippen molar-refractivity contribution in [2.45, 2.75) is 58.0 Å². The van der Waals surface area contributed by atoms with Gasteiger partial charge in [-0.3, -0.25) is 14.5 Å². The topological polar surface area (TPSA) is 58.4 Å². The van der Waals surface area contributed by atoms with Gasteiger partial charge >= 0.3 is 0 Å². The third kappa shape index (κ3) is 3.97. The molecule has 5 heterocycles. The minimum Gasteiger partial charge on any atom is -0.341 e. The van der Waals surface area contributed by atoms with Crippen molar-refractivity contribution >= 4 is 17.2 Å². The number of carbonyl (C=O) groups is 1. The number of hydrogen-bond donors (Lipinski definition) is 0. The summed E-state index contributed by atoms with van der Waals surface area (Å²) in [5.74, 6) is 0.781. The van der Waals surface area contributed by atoms with Crippen LogP contribution in [0.3, 0.4) is 0 Å². The maximum absolute atomic E-state index is 13.2. The number of fused-ring (bicyclic) bond motifs is 4. The number of pyridine rings is 1. The molecule has 2 atom stereocenters. The van der Waals surface area contributed by atoms with Gasteiger partial charge in [0.2, 0.25) is 5.91 Å². The van der Waals surface area contributed by atoms with E-state index in [2.05, 4.69) is 16.0 Å². The molecule has 2 bridgehead atoms. The van der Waals surface area contributed by atoms with Crippen molar-refractivity contribution in [2.24, 2.45) is 5.92 Å². The van der Waals surface area contributed by atoms with Gasteiger partial charge < -0.3 is 9.47 Å². The number of thiazole rings is 1. The van der Waals surface area contributed by atoms with Gasteiger partial charge in [-0.1, -0.05) is 12.5 Å². The summed E-state index contributed by atoms with van der Waals surface area (Å²) < 4.78 is 2.02. The third-order valence-corrected chi connectivity index (χ3v) is 7.70. The highest BCUT2D eigenvalue weighted by Crippen LogP contribution is 2.35. The van der Waals surface area contributed by atoms with E-state index in [-0.39, 0.29) is 17.4 Å². The molecule has 2 fully saturated rings. The van der Waals surface area contributed by atoms with Crippen LogP contribution in [0.4, 0.5) is 0 Å². The Hall–Kier alpha value is -1.99. The Kier molecular flexibility index (Phi) is 5.50. The zero-order valence-electron chi connectivity index (χ0n) is 17.7. The predicted molar refractivity (Wildman–Crippen MR) is 118 cm³/mol. The van der Waals surface area contributed by atoms with Crippen molar-refractivity contribution < 1.29 is 4.79 Å². The largest absolute Gasteiger partial charge is 0.341 e. The number of rotatable bonds is 4. The first kappa shape index (κ1) is 19.9. The van der Waals surface area contributed by atoms with Gasteiger partial charge in [-0.15, -0.1) is 11.3 Å². The van der Waals surface area contributed by atoms with Gasteiger partial charge in [0.25, 0.3) is 5.56 Å². The van der Waals surface area contributed by atoms with Gasteiger partial charge in [0.05, 0.1) is 17.1 Å². The quantitative estimate of drug-likeness (QED) is 0.754. The van der Waals surface area contributed by atoms with E-state index < -0.39 is 0 Å². The molecule has 0 saturated carbocycles. The smallest absolute Gasteiger partial charge is 0.255 e. The van der Waals surface area contributed by atoms with Crippen molar-refractivity contribution in [3.8, 4) is 0 Å². The lowest BCUT2D eigenvalue weighted by atomic mass is 9.82. The Balaban J connectivity index is 1.32. The van der Waals surface area contributed by atoms with Gasteiger partial charge in [0.1, 0.15) is 0 Å². The van der Waals surface area contributed by atoms with E-state index in [9.17, 15) is 9.59 Å². The molecule has 0 spiro atoms. The molecule has 3 aliphatic heterocycles. The molecule has 2 aromatic rings. The van der Waals surface area contributed by atoms with E-state index in [4.69, 9.17) is 0 Å². The molecule has 7 heteroatoms. The molecule has 160 valence electrons. The molecule has 0 aliphatic carbocycles. The molecule has 2 aromatic heterocycles. The third-order valence-electron chi connectivity index (χ3n) is 6.88. The highest BCUT2D eigenvalue weighted by Gasteiger charge is 2.36. The van der Waals surface area contributed by atoms with Crippen molar-refractivity contribution in [3.05, 3.63) is 49.8 Å². The lowest BCUT2D eigenvalue weighted by Gasteiger charge is -2.43. The number of aryl methyl sites for hydroxylation is 1. The normalized spacial score (nSPS) is 24.0. The number of amides is 1. The molecule has 1 amide bonds. The number of nitrogens with zero attached hydrogens (tertiary/aromatic N) is 4. The Morgan fingerprint density at radius 3 is 2.77 bits per heavy atom. The Bertz CT molecular complexity index is 991. The van der Waals surface area contributed by atoms with Gasteiger partial charge in [0, 0.05) is 48.7 Å². The molecular weight excluding hydrogens is 396 g/mol. The molecule has 3 aliphatic rings. The average Bonchev–Trinajstić information content (AvgIpc) is 3.15. The van der Waals surface area contributed by atoms with Crippen molar-refractivity contribution in [1.82, 2.24) is 19.4 Å². The maximum Gasteiger partial charge on any atom is 0.255 e. The van der Waals surface area contributed by atoms with Crippen LogP contribution in [0.1, 0.15) is 53.6 Å².